The molecule has 6 heteroatoms. The number of aryl methyl sites for hydroxylation is 2. The van der Waals surface area contributed by atoms with E-state index >= 15 is 0 Å². The van der Waals surface area contributed by atoms with Gasteiger partial charge in [0.15, 0.2) is 6.61 Å². The Hall–Kier alpha value is -2.04. The van der Waals surface area contributed by atoms with E-state index < -0.39 is 0 Å². The highest BCUT2D eigenvalue weighted by Gasteiger charge is 2.07. The number of nitrogens with zero attached hydrogens (tertiary/aromatic N) is 1. The number of hydrogen-bond donors (Lipinski definition) is 1. The van der Waals surface area contributed by atoms with Gasteiger partial charge in [-0.25, -0.2) is 5.43 Å². The van der Waals surface area contributed by atoms with Gasteiger partial charge in [0.2, 0.25) is 0 Å². The second-order valence-corrected chi connectivity index (χ2v) is 6.30. The van der Waals surface area contributed by atoms with Crippen molar-refractivity contribution in [3.8, 4) is 5.75 Å². The number of ether oxygens (including phenoxy) is 1. The predicted octanol–water partition coefficient (Wildman–Crippen LogP) is 4.45. The molecule has 24 heavy (non-hydrogen) atoms. The molecule has 0 aliphatic heterocycles. The van der Waals surface area contributed by atoms with Crippen LogP contribution in [0.2, 0.25) is 10.0 Å². The molecule has 2 aromatic rings. The molecule has 0 saturated heterocycles. The summed E-state index contributed by atoms with van der Waals surface area (Å²) < 4.78 is 5.57. The van der Waals surface area contributed by atoms with Gasteiger partial charge in [0.1, 0.15) is 5.75 Å². The van der Waals surface area contributed by atoms with E-state index in [-0.39, 0.29) is 12.5 Å². The lowest BCUT2D eigenvalue weighted by atomic mass is 10.1. The molecule has 0 aliphatic rings. The van der Waals surface area contributed by atoms with Crippen LogP contribution < -0.4 is 10.2 Å². The fourth-order valence-corrected chi connectivity index (χ4v) is 2.56. The smallest absolute Gasteiger partial charge is 0.277 e. The fourth-order valence-electron chi connectivity index (χ4n) is 2.11. The van der Waals surface area contributed by atoms with Crippen LogP contribution in [0.3, 0.4) is 0 Å². The summed E-state index contributed by atoms with van der Waals surface area (Å²) in [7, 11) is 0. The molecule has 0 aliphatic carbocycles. The molecular weight excluding hydrogens is 347 g/mol. The molecule has 0 bridgehead atoms. The standard InChI is InChI=1S/C18H18Cl2N2O2/c1-11-6-12(2)13(3)17(7-11)24-10-18(23)22-21-9-14-4-5-15(19)8-16(14)20/h4-9H,10H2,1-3H3,(H,22,23)/b21-9+. The maximum Gasteiger partial charge on any atom is 0.277 e. The van der Waals surface area contributed by atoms with Crippen molar-refractivity contribution in [3.63, 3.8) is 0 Å². The highest BCUT2D eigenvalue weighted by atomic mass is 35.5. The third kappa shape index (κ3) is 4.98. The second kappa shape index (κ2) is 8.18. The van der Waals surface area contributed by atoms with Crippen LogP contribution in [0.1, 0.15) is 22.3 Å². The molecule has 0 spiro atoms. The van der Waals surface area contributed by atoms with E-state index in [0.717, 1.165) is 16.7 Å². The first-order chi connectivity index (χ1) is 11.4. The highest BCUT2D eigenvalue weighted by Crippen LogP contribution is 2.23. The summed E-state index contributed by atoms with van der Waals surface area (Å²) in [5.74, 6) is 0.349. The van der Waals surface area contributed by atoms with Crippen LogP contribution in [0.25, 0.3) is 0 Å². The van der Waals surface area contributed by atoms with Gasteiger partial charge in [0, 0.05) is 10.6 Å². The van der Waals surface area contributed by atoms with Gasteiger partial charge in [-0.1, -0.05) is 35.3 Å². The van der Waals surface area contributed by atoms with Crippen LogP contribution in [0, 0.1) is 20.8 Å². The monoisotopic (exact) mass is 364 g/mol. The topological polar surface area (TPSA) is 50.7 Å². The molecule has 126 valence electrons. The number of hydrazone groups is 1. The van der Waals surface area contributed by atoms with E-state index in [2.05, 4.69) is 16.6 Å². The van der Waals surface area contributed by atoms with E-state index in [9.17, 15) is 4.79 Å². The Bertz CT molecular complexity index is 789. The summed E-state index contributed by atoms with van der Waals surface area (Å²) in [5, 5.41) is 4.87. The number of rotatable bonds is 5. The van der Waals surface area contributed by atoms with Crippen LogP contribution >= 0.6 is 23.2 Å². The van der Waals surface area contributed by atoms with Gasteiger partial charge >= 0.3 is 0 Å². The average Bonchev–Trinajstić information content (AvgIpc) is 2.51. The summed E-state index contributed by atoms with van der Waals surface area (Å²) in [5.41, 5.74) is 6.30. The third-order valence-corrected chi connectivity index (χ3v) is 4.04. The first kappa shape index (κ1) is 18.3. The highest BCUT2D eigenvalue weighted by molar-refractivity contribution is 6.36. The van der Waals surface area contributed by atoms with Crippen LogP contribution in [0.5, 0.6) is 5.75 Å². The number of nitrogens with one attached hydrogen (secondary N) is 1. The predicted molar refractivity (Wildman–Crippen MR) is 98.3 cm³/mol. The van der Waals surface area contributed by atoms with E-state index in [0.29, 0.717) is 21.4 Å². The molecule has 0 aromatic heterocycles. The van der Waals surface area contributed by atoms with E-state index in [1.807, 2.05) is 26.8 Å². The molecule has 0 heterocycles. The van der Waals surface area contributed by atoms with Crippen molar-refractivity contribution in [2.75, 3.05) is 6.61 Å². The van der Waals surface area contributed by atoms with Crippen molar-refractivity contribution < 1.29 is 9.53 Å². The number of carbonyl (C=O) groups excluding carboxylic acids is 1. The van der Waals surface area contributed by atoms with Crippen molar-refractivity contribution >= 4 is 35.3 Å². The molecule has 1 N–H and O–H groups in total. The Kier molecular flexibility index (Phi) is 6.23. The lowest BCUT2D eigenvalue weighted by molar-refractivity contribution is -0.123. The van der Waals surface area contributed by atoms with Gasteiger partial charge in [-0.2, -0.15) is 5.10 Å². The maximum atomic E-state index is 11.8. The Labute approximate surface area is 151 Å². The van der Waals surface area contributed by atoms with Gasteiger partial charge in [-0.15, -0.1) is 0 Å². The molecule has 2 aromatic carbocycles. The van der Waals surface area contributed by atoms with Gasteiger partial charge in [0.25, 0.3) is 5.91 Å². The van der Waals surface area contributed by atoms with Crippen molar-refractivity contribution in [3.05, 3.63) is 62.6 Å². The molecule has 0 unspecified atom stereocenters. The number of hydrogen-bond acceptors (Lipinski definition) is 3. The number of carbonyl (C=O) groups is 1. The van der Waals surface area contributed by atoms with Gasteiger partial charge < -0.3 is 4.74 Å². The van der Waals surface area contributed by atoms with Crippen molar-refractivity contribution in [2.45, 2.75) is 20.8 Å². The van der Waals surface area contributed by atoms with Crippen LogP contribution in [-0.4, -0.2) is 18.7 Å². The first-order valence-corrected chi connectivity index (χ1v) is 8.10. The lowest BCUT2D eigenvalue weighted by Gasteiger charge is -2.11. The number of amides is 1. The van der Waals surface area contributed by atoms with Crippen LogP contribution in [0.15, 0.2) is 35.4 Å². The summed E-state index contributed by atoms with van der Waals surface area (Å²) in [6.07, 6.45) is 1.46. The van der Waals surface area contributed by atoms with Crippen LogP contribution in [0.4, 0.5) is 0 Å². The van der Waals surface area contributed by atoms with Gasteiger partial charge in [-0.3, -0.25) is 4.79 Å². The molecule has 2 rings (SSSR count). The largest absolute Gasteiger partial charge is 0.483 e. The number of benzene rings is 2. The first-order valence-electron chi connectivity index (χ1n) is 7.34. The van der Waals surface area contributed by atoms with E-state index in [4.69, 9.17) is 27.9 Å². The zero-order valence-corrected chi connectivity index (χ0v) is 15.2. The minimum absolute atomic E-state index is 0.116. The molecule has 0 saturated carbocycles. The second-order valence-electron chi connectivity index (χ2n) is 5.45. The van der Waals surface area contributed by atoms with Gasteiger partial charge in [-0.05, 0) is 55.7 Å². The Morgan fingerprint density at radius 3 is 2.67 bits per heavy atom. The molecule has 0 atom stereocenters. The minimum Gasteiger partial charge on any atom is -0.483 e. The minimum atomic E-state index is -0.352. The molecule has 0 radical (unpaired) electrons. The Balaban J connectivity index is 1.91. The summed E-state index contributed by atoms with van der Waals surface area (Å²) >= 11 is 11.8. The van der Waals surface area contributed by atoms with Crippen LogP contribution in [-0.2, 0) is 4.79 Å². The normalized spacial score (nSPS) is 10.9. The zero-order chi connectivity index (χ0) is 17.7. The van der Waals surface area contributed by atoms with Crippen molar-refractivity contribution in [1.82, 2.24) is 5.43 Å². The summed E-state index contributed by atoms with van der Waals surface area (Å²) in [6, 6.07) is 9.01. The third-order valence-electron chi connectivity index (χ3n) is 3.48. The van der Waals surface area contributed by atoms with Crippen molar-refractivity contribution in [1.29, 1.82) is 0 Å². The lowest BCUT2D eigenvalue weighted by Crippen LogP contribution is -2.24. The fraction of sp³-hybridized carbons (Fsp3) is 0.222. The molecule has 4 nitrogen and oxygen atoms in total. The van der Waals surface area contributed by atoms with Gasteiger partial charge in [0.05, 0.1) is 11.2 Å². The van der Waals surface area contributed by atoms with Crippen molar-refractivity contribution in [2.24, 2.45) is 5.10 Å². The molecule has 0 fully saturated rings. The maximum absolute atomic E-state index is 11.8. The van der Waals surface area contributed by atoms with E-state index in [1.165, 1.54) is 6.21 Å². The zero-order valence-electron chi connectivity index (χ0n) is 13.7. The number of halogens is 2. The summed E-state index contributed by atoms with van der Waals surface area (Å²) in [4.78, 5) is 11.8. The Morgan fingerprint density at radius 2 is 1.96 bits per heavy atom. The van der Waals surface area contributed by atoms with E-state index in [1.54, 1.807) is 18.2 Å². The summed E-state index contributed by atoms with van der Waals surface area (Å²) in [6.45, 7) is 5.84. The molecular formula is C18H18Cl2N2O2. The quantitative estimate of drug-likeness (QED) is 0.629. The molecule has 1 amide bonds. The Morgan fingerprint density at radius 1 is 1.21 bits per heavy atom. The average molecular weight is 365 g/mol. The SMILES string of the molecule is Cc1cc(C)c(C)c(OCC(=O)N/N=C/c2ccc(Cl)cc2Cl)c1.